The van der Waals surface area contributed by atoms with Crippen LogP contribution in [0.4, 0.5) is 5.69 Å². The maximum absolute atomic E-state index is 12.5. The topological polar surface area (TPSA) is 110 Å². The van der Waals surface area contributed by atoms with Crippen LogP contribution in [-0.2, 0) is 22.6 Å². The Morgan fingerprint density at radius 2 is 1.65 bits per heavy atom. The highest BCUT2D eigenvalue weighted by Gasteiger charge is 2.18. The SMILES string of the molecule is COc1ccc(CN(CC(=O)O)C(=O)Cc2ccc([N+](=O)[O-])cc2)cc1. The van der Waals surface area contributed by atoms with E-state index in [1.165, 1.54) is 29.2 Å². The molecule has 0 fully saturated rings. The van der Waals surface area contributed by atoms with E-state index in [-0.39, 0.29) is 24.6 Å². The molecule has 8 heteroatoms. The van der Waals surface area contributed by atoms with Crippen LogP contribution in [0, 0.1) is 10.1 Å². The predicted octanol–water partition coefficient (Wildman–Crippen LogP) is 2.26. The molecule has 0 spiro atoms. The van der Waals surface area contributed by atoms with Crippen LogP contribution in [0.3, 0.4) is 0 Å². The highest BCUT2D eigenvalue weighted by Crippen LogP contribution is 2.15. The third-order valence-electron chi connectivity index (χ3n) is 3.71. The molecule has 0 bridgehead atoms. The number of amides is 1. The normalized spacial score (nSPS) is 10.2. The lowest BCUT2D eigenvalue weighted by molar-refractivity contribution is -0.384. The standard InChI is InChI=1S/C18H18N2O6/c1-26-16-8-4-14(5-9-16)11-19(12-18(22)23)17(21)10-13-2-6-15(7-3-13)20(24)25/h2-9H,10-12H2,1H3,(H,22,23). The number of nitrogens with zero attached hydrogens (tertiary/aromatic N) is 2. The number of aliphatic carboxylic acids is 1. The van der Waals surface area contributed by atoms with Crippen molar-refractivity contribution < 1.29 is 24.4 Å². The number of rotatable bonds is 8. The van der Waals surface area contributed by atoms with Gasteiger partial charge in [-0.2, -0.15) is 0 Å². The number of nitro groups is 1. The summed E-state index contributed by atoms with van der Waals surface area (Å²) in [6.45, 7) is -0.292. The molecule has 0 aromatic heterocycles. The fourth-order valence-corrected chi connectivity index (χ4v) is 2.37. The molecule has 1 amide bonds. The molecule has 0 saturated heterocycles. The number of carboxylic acid groups (broad SMARTS) is 1. The van der Waals surface area contributed by atoms with E-state index >= 15 is 0 Å². The van der Waals surface area contributed by atoms with Crippen LogP contribution in [-0.4, -0.2) is 40.5 Å². The fraction of sp³-hybridized carbons (Fsp3) is 0.222. The lowest BCUT2D eigenvalue weighted by Gasteiger charge is -2.21. The van der Waals surface area contributed by atoms with E-state index in [4.69, 9.17) is 9.84 Å². The van der Waals surface area contributed by atoms with Crippen LogP contribution >= 0.6 is 0 Å². The van der Waals surface area contributed by atoms with E-state index in [1.807, 2.05) is 0 Å². The Hall–Kier alpha value is -3.42. The van der Waals surface area contributed by atoms with Gasteiger partial charge in [-0.1, -0.05) is 24.3 Å². The van der Waals surface area contributed by atoms with E-state index in [1.54, 1.807) is 31.4 Å². The molecule has 2 rings (SSSR count). The molecule has 1 N–H and O–H groups in total. The first-order chi connectivity index (χ1) is 12.4. The summed E-state index contributed by atoms with van der Waals surface area (Å²) in [4.78, 5) is 35.0. The van der Waals surface area contributed by atoms with Gasteiger partial charge in [0.05, 0.1) is 18.5 Å². The van der Waals surface area contributed by atoms with E-state index < -0.39 is 17.4 Å². The van der Waals surface area contributed by atoms with Gasteiger partial charge in [0.2, 0.25) is 5.91 Å². The largest absolute Gasteiger partial charge is 0.497 e. The van der Waals surface area contributed by atoms with Crippen LogP contribution < -0.4 is 4.74 Å². The summed E-state index contributed by atoms with van der Waals surface area (Å²) >= 11 is 0. The second kappa shape index (κ2) is 8.61. The maximum atomic E-state index is 12.5. The first kappa shape index (κ1) is 18.9. The molecule has 8 nitrogen and oxygen atoms in total. The minimum absolute atomic E-state index is 0.0402. The van der Waals surface area contributed by atoms with Gasteiger partial charge in [-0.3, -0.25) is 19.7 Å². The summed E-state index contributed by atoms with van der Waals surface area (Å²) in [6, 6.07) is 12.6. The number of carbonyl (C=O) groups is 2. The van der Waals surface area contributed by atoms with Gasteiger partial charge in [0.25, 0.3) is 5.69 Å². The molecule has 0 heterocycles. The predicted molar refractivity (Wildman–Crippen MR) is 92.8 cm³/mol. The van der Waals surface area contributed by atoms with Crippen molar-refractivity contribution in [1.29, 1.82) is 0 Å². The number of ether oxygens (including phenoxy) is 1. The second-order valence-corrected chi connectivity index (χ2v) is 5.59. The van der Waals surface area contributed by atoms with Crippen LogP contribution in [0.2, 0.25) is 0 Å². The smallest absolute Gasteiger partial charge is 0.323 e. The molecule has 0 aliphatic rings. The van der Waals surface area contributed by atoms with Crippen molar-refractivity contribution in [3.63, 3.8) is 0 Å². The number of carbonyl (C=O) groups excluding carboxylic acids is 1. The molecule has 0 atom stereocenters. The minimum atomic E-state index is -1.12. The zero-order valence-electron chi connectivity index (χ0n) is 14.1. The number of carboxylic acids is 1. The van der Waals surface area contributed by atoms with Gasteiger partial charge in [0.1, 0.15) is 12.3 Å². The van der Waals surface area contributed by atoms with Gasteiger partial charge >= 0.3 is 5.97 Å². The Morgan fingerprint density at radius 1 is 1.08 bits per heavy atom. The molecular formula is C18H18N2O6. The van der Waals surface area contributed by atoms with Crippen molar-refractivity contribution in [1.82, 2.24) is 4.90 Å². The molecule has 0 aliphatic heterocycles. The Labute approximate surface area is 149 Å². The molecule has 0 radical (unpaired) electrons. The molecule has 0 aliphatic carbocycles. The van der Waals surface area contributed by atoms with Crippen molar-refractivity contribution in [3.05, 3.63) is 69.8 Å². The fourth-order valence-electron chi connectivity index (χ4n) is 2.37. The monoisotopic (exact) mass is 358 g/mol. The van der Waals surface area contributed by atoms with Gasteiger partial charge in [-0.25, -0.2) is 0 Å². The third-order valence-corrected chi connectivity index (χ3v) is 3.71. The molecular weight excluding hydrogens is 340 g/mol. The van der Waals surface area contributed by atoms with Crippen molar-refractivity contribution in [3.8, 4) is 5.75 Å². The Bertz CT molecular complexity index is 786. The molecule has 26 heavy (non-hydrogen) atoms. The summed E-state index contributed by atoms with van der Waals surface area (Å²) < 4.78 is 5.07. The number of hydrogen-bond donors (Lipinski definition) is 1. The Kier molecular flexibility index (Phi) is 6.26. The average Bonchev–Trinajstić information content (AvgIpc) is 2.62. The lowest BCUT2D eigenvalue weighted by Crippen LogP contribution is -2.36. The Balaban J connectivity index is 2.10. The van der Waals surface area contributed by atoms with E-state index in [0.29, 0.717) is 11.3 Å². The van der Waals surface area contributed by atoms with Crippen molar-refractivity contribution in [2.45, 2.75) is 13.0 Å². The molecule has 0 saturated carbocycles. The summed E-state index contributed by atoms with van der Waals surface area (Å²) in [7, 11) is 1.54. The minimum Gasteiger partial charge on any atom is -0.497 e. The highest BCUT2D eigenvalue weighted by molar-refractivity contribution is 5.83. The van der Waals surface area contributed by atoms with Crippen molar-refractivity contribution in [2.24, 2.45) is 0 Å². The van der Waals surface area contributed by atoms with Gasteiger partial charge in [0, 0.05) is 18.7 Å². The first-order valence-corrected chi connectivity index (χ1v) is 7.75. The van der Waals surface area contributed by atoms with Gasteiger partial charge in [-0.15, -0.1) is 0 Å². The number of methoxy groups -OCH3 is 1. The summed E-state index contributed by atoms with van der Waals surface area (Å²) in [5, 5.41) is 19.7. The summed E-state index contributed by atoms with van der Waals surface area (Å²) in [6.07, 6.45) is -0.0402. The number of nitro benzene ring substituents is 1. The second-order valence-electron chi connectivity index (χ2n) is 5.59. The van der Waals surface area contributed by atoms with Gasteiger partial charge < -0.3 is 14.7 Å². The number of benzene rings is 2. The van der Waals surface area contributed by atoms with Crippen molar-refractivity contribution >= 4 is 17.6 Å². The zero-order chi connectivity index (χ0) is 19.1. The van der Waals surface area contributed by atoms with Crippen LogP contribution in [0.5, 0.6) is 5.75 Å². The third kappa shape index (κ3) is 5.30. The average molecular weight is 358 g/mol. The van der Waals surface area contributed by atoms with Crippen LogP contribution in [0.15, 0.2) is 48.5 Å². The highest BCUT2D eigenvalue weighted by atomic mass is 16.6. The number of non-ortho nitro benzene ring substituents is 1. The van der Waals surface area contributed by atoms with E-state index in [2.05, 4.69) is 0 Å². The van der Waals surface area contributed by atoms with E-state index in [9.17, 15) is 19.7 Å². The first-order valence-electron chi connectivity index (χ1n) is 7.75. The number of hydrogen-bond acceptors (Lipinski definition) is 5. The van der Waals surface area contributed by atoms with Gasteiger partial charge in [0.15, 0.2) is 0 Å². The summed E-state index contributed by atoms with van der Waals surface area (Å²) in [5.41, 5.74) is 1.27. The maximum Gasteiger partial charge on any atom is 0.323 e. The van der Waals surface area contributed by atoms with Crippen LogP contribution in [0.25, 0.3) is 0 Å². The van der Waals surface area contributed by atoms with E-state index in [0.717, 1.165) is 5.56 Å². The zero-order valence-corrected chi connectivity index (χ0v) is 14.1. The van der Waals surface area contributed by atoms with Crippen LogP contribution in [0.1, 0.15) is 11.1 Å². The van der Waals surface area contributed by atoms with Gasteiger partial charge in [-0.05, 0) is 23.3 Å². The van der Waals surface area contributed by atoms with Crippen molar-refractivity contribution in [2.75, 3.05) is 13.7 Å². The molecule has 0 unspecified atom stereocenters. The Morgan fingerprint density at radius 3 is 2.15 bits per heavy atom. The molecule has 2 aromatic carbocycles. The molecule has 136 valence electrons. The summed E-state index contributed by atoms with van der Waals surface area (Å²) in [5.74, 6) is -0.830. The lowest BCUT2D eigenvalue weighted by atomic mass is 10.1. The quantitative estimate of drug-likeness (QED) is 0.572. The molecule has 2 aromatic rings.